The molecule has 0 spiro atoms. The van der Waals surface area contributed by atoms with Crippen molar-refractivity contribution >= 4 is 0 Å². The molecule has 3 rings (SSSR count). The zero-order chi connectivity index (χ0) is 17.1. The molecule has 0 saturated carbocycles. The molecule has 0 amide bonds. The van der Waals surface area contributed by atoms with Gasteiger partial charge < -0.3 is 9.30 Å². The highest BCUT2D eigenvalue weighted by Crippen LogP contribution is 2.20. The molecule has 1 atom stereocenters. The third-order valence-electron chi connectivity index (χ3n) is 4.98. The number of aromatic nitrogens is 3. The maximum atomic E-state index is 5.32. The molecule has 1 aliphatic heterocycles. The summed E-state index contributed by atoms with van der Waals surface area (Å²) in [5.41, 5.74) is 1.31. The van der Waals surface area contributed by atoms with Crippen molar-refractivity contribution in [3.8, 4) is 5.75 Å². The van der Waals surface area contributed by atoms with Gasteiger partial charge in [-0.1, -0.05) is 12.1 Å². The van der Waals surface area contributed by atoms with Gasteiger partial charge in [0.25, 0.3) is 0 Å². The summed E-state index contributed by atoms with van der Waals surface area (Å²) in [6, 6.07) is 8.91. The van der Waals surface area contributed by atoms with Crippen LogP contribution in [-0.2, 0) is 20.1 Å². The maximum absolute atomic E-state index is 5.32. The second kappa shape index (κ2) is 7.32. The van der Waals surface area contributed by atoms with Crippen LogP contribution in [0.3, 0.4) is 0 Å². The number of likely N-dealkylation sites (N-methyl/N-ethyl adjacent to an activating group) is 1. The van der Waals surface area contributed by atoms with Crippen LogP contribution >= 0.6 is 0 Å². The lowest BCUT2D eigenvalue weighted by Gasteiger charge is -2.24. The first-order chi connectivity index (χ1) is 11.6. The van der Waals surface area contributed by atoms with Crippen molar-refractivity contribution in [3.63, 3.8) is 0 Å². The minimum Gasteiger partial charge on any atom is -0.497 e. The number of methoxy groups -OCH3 is 1. The number of hydrogen-bond donors (Lipinski definition) is 0. The van der Waals surface area contributed by atoms with E-state index in [0.29, 0.717) is 6.04 Å². The zero-order valence-electron chi connectivity index (χ0n) is 15.1. The molecule has 0 aliphatic carbocycles. The Hall–Kier alpha value is -1.92. The Morgan fingerprint density at radius 1 is 1.33 bits per heavy atom. The number of likely N-dealkylation sites (tertiary alicyclic amines) is 1. The van der Waals surface area contributed by atoms with Crippen molar-refractivity contribution < 1.29 is 4.74 Å². The van der Waals surface area contributed by atoms with Crippen LogP contribution in [0.1, 0.15) is 23.6 Å². The first-order valence-electron chi connectivity index (χ1n) is 8.47. The van der Waals surface area contributed by atoms with Crippen LogP contribution in [0.4, 0.5) is 0 Å². The van der Waals surface area contributed by atoms with E-state index in [4.69, 9.17) is 4.74 Å². The van der Waals surface area contributed by atoms with Gasteiger partial charge in [-0.2, -0.15) is 0 Å². The number of nitrogens with zero attached hydrogens (tertiary/aromatic N) is 5. The van der Waals surface area contributed by atoms with Gasteiger partial charge in [0.05, 0.1) is 13.7 Å². The summed E-state index contributed by atoms with van der Waals surface area (Å²) in [7, 11) is 5.93. The first-order valence-corrected chi connectivity index (χ1v) is 8.47. The maximum Gasteiger partial charge on any atom is 0.146 e. The Bertz CT molecular complexity index is 684. The van der Waals surface area contributed by atoms with Crippen LogP contribution in [-0.4, -0.2) is 57.9 Å². The molecular weight excluding hydrogens is 302 g/mol. The van der Waals surface area contributed by atoms with Crippen LogP contribution in [0.2, 0.25) is 0 Å². The number of hydrogen-bond acceptors (Lipinski definition) is 5. The topological polar surface area (TPSA) is 46.4 Å². The fourth-order valence-electron chi connectivity index (χ4n) is 3.29. The van der Waals surface area contributed by atoms with E-state index in [-0.39, 0.29) is 0 Å². The van der Waals surface area contributed by atoms with Gasteiger partial charge in [0, 0.05) is 32.7 Å². The molecule has 24 heavy (non-hydrogen) atoms. The summed E-state index contributed by atoms with van der Waals surface area (Å²) in [5, 5.41) is 8.42. The van der Waals surface area contributed by atoms with Crippen molar-refractivity contribution in [3.05, 3.63) is 41.5 Å². The largest absolute Gasteiger partial charge is 0.497 e. The lowest BCUT2D eigenvalue weighted by atomic mass is 10.2. The first kappa shape index (κ1) is 16.9. The zero-order valence-corrected chi connectivity index (χ0v) is 15.1. The predicted octanol–water partition coefficient (Wildman–Crippen LogP) is 1.84. The minimum atomic E-state index is 0.563. The molecule has 1 saturated heterocycles. The van der Waals surface area contributed by atoms with E-state index in [1.807, 2.05) is 20.0 Å². The van der Waals surface area contributed by atoms with E-state index in [2.05, 4.69) is 49.8 Å². The number of rotatable bonds is 6. The number of ether oxygens (including phenoxy) is 1. The van der Waals surface area contributed by atoms with Gasteiger partial charge >= 0.3 is 0 Å². The smallest absolute Gasteiger partial charge is 0.146 e. The third kappa shape index (κ3) is 3.76. The summed E-state index contributed by atoms with van der Waals surface area (Å²) in [6.07, 6.45) is 1.19. The van der Waals surface area contributed by atoms with Gasteiger partial charge in [0.1, 0.15) is 17.4 Å². The van der Waals surface area contributed by atoms with Gasteiger partial charge in [0.2, 0.25) is 0 Å². The Kier molecular flexibility index (Phi) is 5.16. The normalized spacial score (nSPS) is 18.5. The van der Waals surface area contributed by atoms with E-state index in [1.54, 1.807) is 7.11 Å². The molecule has 1 unspecified atom stereocenters. The molecule has 0 bridgehead atoms. The Labute approximate surface area is 144 Å². The average Bonchev–Trinajstić information content (AvgIpc) is 3.17. The van der Waals surface area contributed by atoms with Crippen LogP contribution in [0.15, 0.2) is 24.3 Å². The van der Waals surface area contributed by atoms with Crippen molar-refractivity contribution in [2.75, 3.05) is 27.2 Å². The summed E-state index contributed by atoms with van der Waals surface area (Å²) < 4.78 is 7.39. The van der Waals surface area contributed by atoms with E-state index >= 15 is 0 Å². The molecule has 2 aromatic rings. The second-order valence-electron chi connectivity index (χ2n) is 6.67. The Balaban J connectivity index is 1.55. The second-order valence-corrected chi connectivity index (χ2v) is 6.67. The van der Waals surface area contributed by atoms with E-state index < -0.39 is 0 Å². The molecule has 130 valence electrons. The van der Waals surface area contributed by atoms with E-state index in [0.717, 1.165) is 43.6 Å². The van der Waals surface area contributed by atoms with Crippen molar-refractivity contribution in [2.24, 2.45) is 7.05 Å². The Morgan fingerprint density at radius 3 is 2.88 bits per heavy atom. The highest BCUT2D eigenvalue weighted by molar-refractivity contribution is 5.28. The number of benzene rings is 1. The lowest BCUT2D eigenvalue weighted by molar-refractivity contribution is 0.216. The number of aryl methyl sites for hydroxylation is 1. The molecular formula is C18H27N5O. The van der Waals surface area contributed by atoms with Gasteiger partial charge in [-0.3, -0.25) is 9.80 Å². The molecule has 1 aromatic heterocycles. The quantitative estimate of drug-likeness (QED) is 0.809. The van der Waals surface area contributed by atoms with Crippen LogP contribution in [0, 0.1) is 6.92 Å². The van der Waals surface area contributed by atoms with Crippen molar-refractivity contribution in [2.45, 2.75) is 32.5 Å². The standard InChI is InChI=1S/C18H27N5O/c1-14-19-20-18(22(14)3)13-21(2)16-8-9-23(12-16)11-15-6-5-7-17(10-15)24-4/h5-7,10,16H,8-9,11-13H2,1-4H3. The SMILES string of the molecule is COc1cccc(CN2CCC(N(C)Cc3nnc(C)n3C)C2)c1. The van der Waals surface area contributed by atoms with Crippen LogP contribution < -0.4 is 4.74 Å². The molecule has 0 radical (unpaired) electrons. The van der Waals surface area contributed by atoms with Crippen molar-refractivity contribution in [1.82, 2.24) is 24.6 Å². The van der Waals surface area contributed by atoms with Crippen molar-refractivity contribution in [1.29, 1.82) is 0 Å². The van der Waals surface area contributed by atoms with Gasteiger partial charge in [-0.05, 0) is 38.1 Å². The highest BCUT2D eigenvalue weighted by atomic mass is 16.5. The van der Waals surface area contributed by atoms with Crippen LogP contribution in [0.25, 0.3) is 0 Å². The highest BCUT2D eigenvalue weighted by Gasteiger charge is 2.26. The van der Waals surface area contributed by atoms with Crippen LogP contribution in [0.5, 0.6) is 5.75 Å². The predicted molar refractivity (Wildman–Crippen MR) is 93.9 cm³/mol. The molecule has 1 fully saturated rings. The lowest BCUT2D eigenvalue weighted by Crippen LogP contribution is -2.34. The van der Waals surface area contributed by atoms with E-state index in [1.165, 1.54) is 12.0 Å². The molecule has 1 aliphatic rings. The Morgan fingerprint density at radius 2 is 2.17 bits per heavy atom. The molecule has 6 heteroatoms. The fraction of sp³-hybridized carbons (Fsp3) is 0.556. The summed E-state index contributed by atoms with van der Waals surface area (Å²) in [6.45, 7) is 6.02. The minimum absolute atomic E-state index is 0.563. The molecule has 6 nitrogen and oxygen atoms in total. The van der Waals surface area contributed by atoms with E-state index in [9.17, 15) is 0 Å². The summed E-state index contributed by atoms with van der Waals surface area (Å²) >= 11 is 0. The average molecular weight is 329 g/mol. The van der Waals surface area contributed by atoms with Gasteiger partial charge in [-0.25, -0.2) is 0 Å². The molecule has 1 aromatic carbocycles. The monoisotopic (exact) mass is 329 g/mol. The third-order valence-corrected chi connectivity index (χ3v) is 4.98. The molecule has 0 N–H and O–H groups in total. The molecule has 2 heterocycles. The fourth-order valence-corrected chi connectivity index (χ4v) is 3.29. The van der Waals surface area contributed by atoms with Gasteiger partial charge in [-0.15, -0.1) is 10.2 Å². The summed E-state index contributed by atoms with van der Waals surface area (Å²) in [5.74, 6) is 2.92. The van der Waals surface area contributed by atoms with Gasteiger partial charge in [0.15, 0.2) is 0 Å². The summed E-state index contributed by atoms with van der Waals surface area (Å²) in [4.78, 5) is 4.91.